The average Bonchev–Trinajstić information content (AvgIpc) is 3.30. The fourth-order valence-electron chi connectivity index (χ4n) is 7.32. The maximum atomic E-state index is 13.3. The highest BCUT2D eigenvalue weighted by molar-refractivity contribution is 5.80. The molecule has 372 valence electrons. The van der Waals surface area contributed by atoms with Gasteiger partial charge >= 0.3 is 5.97 Å². The van der Waals surface area contributed by atoms with Crippen molar-refractivity contribution in [2.75, 3.05) is 13.2 Å². The van der Waals surface area contributed by atoms with Crippen LogP contribution < -0.4 is 5.32 Å². The highest BCUT2D eigenvalue weighted by atomic mass is 16.7. The molecule has 8 unspecified atom stereocenters. The van der Waals surface area contributed by atoms with Gasteiger partial charge in [0.15, 0.2) is 12.4 Å². The Kier molecular flexibility index (Phi) is 38.9. The van der Waals surface area contributed by atoms with Crippen molar-refractivity contribution in [3.8, 4) is 0 Å². The predicted octanol–water partition coefficient (Wildman–Crippen LogP) is 10.3. The van der Waals surface area contributed by atoms with Crippen molar-refractivity contribution in [2.24, 2.45) is 0 Å². The lowest BCUT2D eigenvalue weighted by Crippen LogP contribution is -2.61. The minimum atomic E-state index is -1.65. The molecule has 1 aliphatic rings. The number of nitrogens with one attached hydrogen (secondary N) is 1. The molecule has 1 saturated heterocycles. The zero-order chi connectivity index (χ0) is 47.6. The molecule has 11 heteroatoms. The van der Waals surface area contributed by atoms with Crippen molar-refractivity contribution in [3.05, 3.63) is 85.1 Å². The van der Waals surface area contributed by atoms with E-state index in [-0.39, 0.29) is 19.4 Å². The van der Waals surface area contributed by atoms with Crippen LogP contribution >= 0.6 is 0 Å². The number of ether oxygens (including phenoxy) is 3. The standard InChI is InChI=1S/C54H91NO10/c1-4-7-10-13-16-19-22-24-27-30-33-36-39-42-49(59)65-52-51(61)50(60)48(43-56)64-54(52)63-44-45(46(57)40-37-34-31-28-25-21-18-15-12-9-6-3)55-53(62)47(58)41-38-35-32-29-26-23-20-17-14-11-8-5-2/h7,10,13,16,19,22,24,26-27,29-30,33,37,40,45-48,50-52,54,56-58,60-61H,4-6,8-9,11-12,14-15,17-18,20-21,23,25,28,31-32,34-36,38-39,41-44H2,1-3H3,(H,55,62)/b10-7+,16-13+,22-19-,27-24-,29-26-,33-30+,40-37+. The summed E-state index contributed by atoms with van der Waals surface area (Å²) in [5.41, 5.74) is 0. The van der Waals surface area contributed by atoms with Gasteiger partial charge < -0.3 is 45.1 Å². The van der Waals surface area contributed by atoms with Gasteiger partial charge in [-0.15, -0.1) is 0 Å². The second-order valence-electron chi connectivity index (χ2n) is 17.3. The van der Waals surface area contributed by atoms with Crippen LogP contribution in [0.2, 0.25) is 0 Å². The summed E-state index contributed by atoms with van der Waals surface area (Å²) in [6.45, 7) is 5.52. The second kappa shape index (κ2) is 42.2. The third kappa shape index (κ3) is 31.4. The molecule has 1 heterocycles. The number of aliphatic hydroxyl groups excluding tert-OH is 5. The topological polar surface area (TPSA) is 175 Å². The zero-order valence-electron chi connectivity index (χ0n) is 40.6. The highest BCUT2D eigenvalue weighted by Gasteiger charge is 2.47. The molecule has 6 N–H and O–H groups in total. The predicted molar refractivity (Wildman–Crippen MR) is 264 cm³/mol. The van der Waals surface area contributed by atoms with Gasteiger partial charge in [-0.1, -0.05) is 196 Å². The van der Waals surface area contributed by atoms with Crippen LogP contribution in [0.25, 0.3) is 0 Å². The molecular formula is C54H91NO10. The normalized spacial score (nSPS) is 21.0. The monoisotopic (exact) mass is 914 g/mol. The summed E-state index contributed by atoms with van der Waals surface area (Å²) in [7, 11) is 0. The van der Waals surface area contributed by atoms with E-state index in [4.69, 9.17) is 14.2 Å². The summed E-state index contributed by atoms with van der Waals surface area (Å²) in [4.78, 5) is 26.2. The number of aliphatic hydroxyl groups is 5. The molecule has 0 bridgehead atoms. The van der Waals surface area contributed by atoms with Crippen LogP contribution in [0.15, 0.2) is 85.1 Å². The molecule has 65 heavy (non-hydrogen) atoms. The molecule has 0 aromatic carbocycles. The number of rotatable bonds is 40. The number of unbranched alkanes of at least 4 members (excludes halogenated alkanes) is 18. The first-order chi connectivity index (χ1) is 31.7. The Labute approximate surface area is 393 Å². The van der Waals surface area contributed by atoms with Crippen LogP contribution in [-0.2, 0) is 23.8 Å². The maximum Gasteiger partial charge on any atom is 0.306 e. The van der Waals surface area contributed by atoms with Crippen molar-refractivity contribution < 1.29 is 49.3 Å². The summed E-state index contributed by atoms with van der Waals surface area (Å²) in [6.07, 6.45) is 42.3. The van der Waals surface area contributed by atoms with E-state index in [0.29, 0.717) is 19.3 Å². The minimum Gasteiger partial charge on any atom is -0.454 e. The van der Waals surface area contributed by atoms with Gasteiger partial charge in [0, 0.05) is 6.42 Å². The van der Waals surface area contributed by atoms with Crippen molar-refractivity contribution in [1.82, 2.24) is 5.32 Å². The second-order valence-corrected chi connectivity index (χ2v) is 17.3. The summed E-state index contributed by atoms with van der Waals surface area (Å²) in [6, 6.07) is -1.05. The molecule has 1 rings (SSSR count). The number of amides is 1. The van der Waals surface area contributed by atoms with E-state index in [9.17, 15) is 35.1 Å². The van der Waals surface area contributed by atoms with Crippen LogP contribution in [-0.4, -0.2) is 99.6 Å². The van der Waals surface area contributed by atoms with Crippen LogP contribution in [0.3, 0.4) is 0 Å². The molecular weight excluding hydrogens is 823 g/mol. The van der Waals surface area contributed by atoms with Gasteiger partial charge in [0.2, 0.25) is 5.91 Å². The van der Waals surface area contributed by atoms with Crippen LogP contribution in [0.1, 0.15) is 181 Å². The van der Waals surface area contributed by atoms with Gasteiger partial charge in [0.1, 0.15) is 24.4 Å². The SMILES string of the molecule is CC/C=C/C=C/C=C\C=C/C=C/CCCC(=O)OC1C(OCC(NC(=O)C(O)CCCC/C=C\CCCCCCCC)C(O)/C=C/CCCCCCCCCCC)OC(CO)C(O)C1O. The average molecular weight is 914 g/mol. The van der Waals surface area contributed by atoms with Gasteiger partial charge in [-0.25, -0.2) is 0 Å². The van der Waals surface area contributed by atoms with Gasteiger partial charge in [0.05, 0.1) is 25.4 Å². The number of carbonyl (C=O) groups excluding carboxylic acids is 2. The maximum absolute atomic E-state index is 13.3. The van der Waals surface area contributed by atoms with Crippen LogP contribution in [0.5, 0.6) is 0 Å². The molecule has 0 aromatic heterocycles. The highest BCUT2D eigenvalue weighted by Crippen LogP contribution is 2.26. The van der Waals surface area contributed by atoms with E-state index >= 15 is 0 Å². The molecule has 8 atom stereocenters. The minimum absolute atomic E-state index is 0.0218. The Balaban J connectivity index is 2.86. The summed E-state index contributed by atoms with van der Waals surface area (Å²) in [5.74, 6) is -1.30. The fraction of sp³-hybridized carbons (Fsp3) is 0.704. The quantitative estimate of drug-likeness (QED) is 0.0150. The van der Waals surface area contributed by atoms with Crippen molar-refractivity contribution in [1.29, 1.82) is 0 Å². The van der Waals surface area contributed by atoms with Gasteiger partial charge in [-0.2, -0.15) is 0 Å². The number of hydrogen-bond acceptors (Lipinski definition) is 10. The van der Waals surface area contributed by atoms with E-state index in [1.165, 1.54) is 77.0 Å². The molecule has 0 saturated carbocycles. The Morgan fingerprint density at radius 1 is 0.615 bits per heavy atom. The number of esters is 1. The molecule has 1 aliphatic heterocycles. The largest absolute Gasteiger partial charge is 0.454 e. The Morgan fingerprint density at radius 3 is 1.69 bits per heavy atom. The van der Waals surface area contributed by atoms with E-state index in [0.717, 1.165) is 51.4 Å². The fourth-order valence-corrected chi connectivity index (χ4v) is 7.32. The smallest absolute Gasteiger partial charge is 0.306 e. The summed E-state index contributed by atoms with van der Waals surface area (Å²) < 4.78 is 17.4. The Morgan fingerprint density at radius 2 is 1.12 bits per heavy atom. The molecule has 0 spiro atoms. The summed E-state index contributed by atoms with van der Waals surface area (Å²) >= 11 is 0. The van der Waals surface area contributed by atoms with Gasteiger partial charge in [-0.05, 0) is 64.2 Å². The first kappa shape index (κ1) is 59.9. The number of carbonyl (C=O) groups is 2. The summed E-state index contributed by atoms with van der Waals surface area (Å²) in [5, 5.41) is 56.4. The van der Waals surface area contributed by atoms with Crippen LogP contribution in [0.4, 0.5) is 0 Å². The molecule has 0 aromatic rings. The van der Waals surface area contributed by atoms with Gasteiger partial charge in [-0.3, -0.25) is 9.59 Å². The van der Waals surface area contributed by atoms with Crippen LogP contribution in [0, 0.1) is 0 Å². The van der Waals surface area contributed by atoms with Crippen molar-refractivity contribution >= 4 is 11.9 Å². The Bertz CT molecular complexity index is 1370. The number of hydrogen-bond donors (Lipinski definition) is 6. The lowest BCUT2D eigenvalue weighted by atomic mass is 9.99. The zero-order valence-corrected chi connectivity index (χ0v) is 40.6. The molecule has 1 amide bonds. The Hall–Kier alpha value is -3.16. The first-order valence-electron chi connectivity index (χ1n) is 25.4. The van der Waals surface area contributed by atoms with E-state index in [2.05, 4.69) is 44.3 Å². The van der Waals surface area contributed by atoms with E-state index < -0.39 is 67.4 Å². The molecule has 0 radical (unpaired) electrons. The first-order valence-corrected chi connectivity index (χ1v) is 25.4. The molecule has 1 fully saturated rings. The molecule has 0 aliphatic carbocycles. The lowest BCUT2D eigenvalue weighted by Gasteiger charge is -2.41. The molecule has 11 nitrogen and oxygen atoms in total. The van der Waals surface area contributed by atoms with E-state index in [1.807, 2.05) is 60.8 Å². The number of allylic oxidation sites excluding steroid dienone is 13. The third-order valence-electron chi connectivity index (χ3n) is 11.4. The lowest BCUT2D eigenvalue weighted by molar-refractivity contribution is -0.305. The van der Waals surface area contributed by atoms with E-state index in [1.54, 1.807) is 6.08 Å². The third-order valence-corrected chi connectivity index (χ3v) is 11.4. The van der Waals surface area contributed by atoms with Crippen molar-refractivity contribution in [3.63, 3.8) is 0 Å². The van der Waals surface area contributed by atoms with Gasteiger partial charge in [0.25, 0.3) is 0 Å². The van der Waals surface area contributed by atoms with Crippen molar-refractivity contribution in [2.45, 2.75) is 230 Å².